The van der Waals surface area contributed by atoms with Crippen molar-refractivity contribution in [1.82, 2.24) is 10.3 Å². The van der Waals surface area contributed by atoms with Crippen LogP contribution in [0.4, 0.5) is 0 Å². The first-order chi connectivity index (χ1) is 7.59. The largest absolute Gasteiger partial charge is 0.481 e. The maximum absolute atomic E-state index is 11.5. The zero-order chi connectivity index (χ0) is 12.0. The van der Waals surface area contributed by atoms with E-state index in [2.05, 4.69) is 10.3 Å². The summed E-state index contributed by atoms with van der Waals surface area (Å²) in [5.41, 5.74) is 0.403. The monoisotopic (exact) mass is 242 g/mol. The first-order valence-corrected chi connectivity index (χ1v) is 5.09. The van der Waals surface area contributed by atoms with E-state index in [9.17, 15) is 9.59 Å². The highest BCUT2D eigenvalue weighted by Gasteiger charge is 2.05. The summed E-state index contributed by atoms with van der Waals surface area (Å²) in [6, 6.07) is 3.08. The Bertz CT molecular complexity index is 378. The van der Waals surface area contributed by atoms with Crippen molar-refractivity contribution >= 4 is 23.5 Å². The van der Waals surface area contributed by atoms with Gasteiger partial charge >= 0.3 is 5.97 Å². The molecule has 16 heavy (non-hydrogen) atoms. The number of rotatable bonds is 5. The maximum Gasteiger partial charge on any atom is 0.303 e. The van der Waals surface area contributed by atoms with E-state index < -0.39 is 5.97 Å². The molecule has 0 aliphatic carbocycles. The van der Waals surface area contributed by atoms with Crippen molar-refractivity contribution in [2.75, 3.05) is 6.54 Å². The van der Waals surface area contributed by atoms with Crippen LogP contribution in [0, 0.1) is 0 Å². The zero-order valence-electron chi connectivity index (χ0n) is 8.44. The number of aliphatic carboxylic acids is 1. The van der Waals surface area contributed by atoms with Gasteiger partial charge in [-0.1, -0.05) is 11.6 Å². The van der Waals surface area contributed by atoms with E-state index in [1.807, 2.05) is 0 Å². The minimum Gasteiger partial charge on any atom is -0.481 e. The third-order valence-corrected chi connectivity index (χ3v) is 2.07. The highest BCUT2D eigenvalue weighted by molar-refractivity contribution is 6.29. The summed E-state index contributed by atoms with van der Waals surface area (Å²) in [5.74, 6) is -1.16. The third kappa shape index (κ3) is 4.27. The van der Waals surface area contributed by atoms with Crippen molar-refractivity contribution in [2.24, 2.45) is 0 Å². The van der Waals surface area contributed by atoms with Crippen LogP contribution in [0.5, 0.6) is 0 Å². The Morgan fingerprint density at radius 1 is 1.44 bits per heavy atom. The van der Waals surface area contributed by atoms with Crippen LogP contribution >= 0.6 is 11.6 Å². The number of carboxylic acid groups (broad SMARTS) is 1. The van der Waals surface area contributed by atoms with Crippen LogP contribution in [-0.2, 0) is 4.79 Å². The number of carbonyl (C=O) groups is 2. The molecule has 0 spiro atoms. The fraction of sp³-hybridized carbons (Fsp3) is 0.300. The Balaban J connectivity index is 2.35. The highest BCUT2D eigenvalue weighted by Crippen LogP contribution is 2.04. The topological polar surface area (TPSA) is 79.3 Å². The molecule has 86 valence electrons. The van der Waals surface area contributed by atoms with E-state index in [-0.39, 0.29) is 12.3 Å². The summed E-state index contributed by atoms with van der Waals surface area (Å²) in [6.45, 7) is 0.327. The van der Waals surface area contributed by atoms with Crippen LogP contribution in [0.15, 0.2) is 18.3 Å². The highest BCUT2D eigenvalue weighted by atomic mass is 35.5. The summed E-state index contributed by atoms with van der Waals surface area (Å²) in [7, 11) is 0. The minimum absolute atomic E-state index is 0.0408. The van der Waals surface area contributed by atoms with Crippen molar-refractivity contribution < 1.29 is 14.7 Å². The van der Waals surface area contributed by atoms with E-state index in [4.69, 9.17) is 16.7 Å². The summed E-state index contributed by atoms with van der Waals surface area (Å²) in [4.78, 5) is 25.4. The molecule has 1 rings (SSSR count). The number of pyridine rings is 1. The number of nitrogens with one attached hydrogen (secondary N) is 1. The number of aromatic nitrogens is 1. The first kappa shape index (κ1) is 12.4. The number of halogens is 1. The molecule has 0 saturated carbocycles. The molecule has 1 heterocycles. The Hall–Kier alpha value is -1.62. The normalized spacial score (nSPS) is 9.81. The number of carbonyl (C=O) groups excluding carboxylic acids is 1. The maximum atomic E-state index is 11.5. The van der Waals surface area contributed by atoms with Crippen LogP contribution < -0.4 is 5.32 Å². The van der Waals surface area contributed by atoms with E-state index in [1.165, 1.54) is 12.3 Å². The molecule has 1 amide bonds. The Morgan fingerprint density at radius 2 is 2.19 bits per heavy atom. The van der Waals surface area contributed by atoms with Crippen LogP contribution in [0.1, 0.15) is 23.2 Å². The van der Waals surface area contributed by atoms with E-state index in [0.29, 0.717) is 23.7 Å². The molecular formula is C10H11ClN2O3. The van der Waals surface area contributed by atoms with Gasteiger partial charge in [-0.2, -0.15) is 0 Å². The quantitative estimate of drug-likeness (QED) is 0.603. The lowest BCUT2D eigenvalue weighted by molar-refractivity contribution is -0.137. The van der Waals surface area contributed by atoms with Gasteiger partial charge in [0.15, 0.2) is 0 Å². The predicted molar refractivity (Wildman–Crippen MR) is 58.5 cm³/mol. The molecule has 1 aromatic heterocycles. The molecule has 6 heteroatoms. The second kappa shape index (κ2) is 6.07. The van der Waals surface area contributed by atoms with E-state index >= 15 is 0 Å². The number of carboxylic acids is 1. The van der Waals surface area contributed by atoms with Gasteiger partial charge in [-0.25, -0.2) is 4.98 Å². The molecule has 0 aliphatic rings. The number of amides is 1. The van der Waals surface area contributed by atoms with Gasteiger partial charge in [0.2, 0.25) is 0 Å². The summed E-state index contributed by atoms with van der Waals surface area (Å²) >= 11 is 5.57. The summed E-state index contributed by atoms with van der Waals surface area (Å²) in [6.07, 6.45) is 1.82. The molecule has 5 nitrogen and oxygen atoms in total. The first-order valence-electron chi connectivity index (χ1n) is 4.71. The average molecular weight is 243 g/mol. The van der Waals surface area contributed by atoms with Gasteiger partial charge < -0.3 is 10.4 Å². The van der Waals surface area contributed by atoms with Gasteiger partial charge in [0.05, 0.1) is 5.56 Å². The summed E-state index contributed by atoms with van der Waals surface area (Å²) in [5, 5.41) is 11.3. The van der Waals surface area contributed by atoms with Crippen molar-refractivity contribution in [3.63, 3.8) is 0 Å². The molecule has 0 radical (unpaired) electrons. The van der Waals surface area contributed by atoms with Gasteiger partial charge in [0, 0.05) is 19.2 Å². The molecule has 0 atom stereocenters. The third-order valence-electron chi connectivity index (χ3n) is 1.84. The van der Waals surface area contributed by atoms with Gasteiger partial charge in [-0.15, -0.1) is 0 Å². The van der Waals surface area contributed by atoms with Crippen molar-refractivity contribution in [3.05, 3.63) is 29.0 Å². The number of nitrogens with zero attached hydrogens (tertiary/aromatic N) is 1. The van der Waals surface area contributed by atoms with Gasteiger partial charge in [0.25, 0.3) is 5.91 Å². The molecule has 0 aromatic carbocycles. The summed E-state index contributed by atoms with van der Waals surface area (Å²) < 4.78 is 0. The van der Waals surface area contributed by atoms with Crippen LogP contribution in [0.2, 0.25) is 5.15 Å². The van der Waals surface area contributed by atoms with Crippen molar-refractivity contribution in [2.45, 2.75) is 12.8 Å². The Morgan fingerprint density at radius 3 is 2.75 bits per heavy atom. The van der Waals surface area contributed by atoms with E-state index in [1.54, 1.807) is 6.07 Å². The smallest absolute Gasteiger partial charge is 0.303 e. The lowest BCUT2D eigenvalue weighted by Gasteiger charge is -2.03. The molecule has 0 saturated heterocycles. The molecule has 0 aliphatic heterocycles. The molecule has 1 aromatic rings. The Labute approximate surface area is 97.4 Å². The standard InChI is InChI=1S/C10H11ClN2O3/c11-8-4-3-7(6-13-8)10(16)12-5-1-2-9(14)15/h3-4,6H,1-2,5H2,(H,12,16)(H,14,15). The molecule has 0 unspecified atom stereocenters. The predicted octanol–water partition coefficient (Wildman–Crippen LogP) is 1.33. The van der Waals surface area contributed by atoms with Gasteiger partial charge in [-0.05, 0) is 18.6 Å². The van der Waals surface area contributed by atoms with Crippen molar-refractivity contribution in [3.8, 4) is 0 Å². The number of hydrogen-bond donors (Lipinski definition) is 2. The van der Waals surface area contributed by atoms with Crippen molar-refractivity contribution in [1.29, 1.82) is 0 Å². The second-order valence-electron chi connectivity index (χ2n) is 3.12. The van der Waals surface area contributed by atoms with Gasteiger partial charge in [0.1, 0.15) is 5.15 Å². The second-order valence-corrected chi connectivity index (χ2v) is 3.51. The minimum atomic E-state index is -0.873. The van der Waals surface area contributed by atoms with Crippen LogP contribution in [0.25, 0.3) is 0 Å². The fourth-order valence-electron chi connectivity index (χ4n) is 1.05. The molecule has 0 bridgehead atoms. The molecular weight excluding hydrogens is 232 g/mol. The zero-order valence-corrected chi connectivity index (χ0v) is 9.20. The number of hydrogen-bond acceptors (Lipinski definition) is 3. The van der Waals surface area contributed by atoms with Crippen LogP contribution in [-0.4, -0.2) is 28.5 Å². The fourth-order valence-corrected chi connectivity index (χ4v) is 1.17. The molecule has 0 fully saturated rings. The molecule has 2 N–H and O–H groups in total. The van der Waals surface area contributed by atoms with Gasteiger partial charge in [-0.3, -0.25) is 9.59 Å². The Kier molecular flexibility index (Phi) is 4.72. The van der Waals surface area contributed by atoms with Crippen LogP contribution in [0.3, 0.4) is 0 Å². The SMILES string of the molecule is O=C(O)CCCNC(=O)c1ccc(Cl)nc1. The lowest BCUT2D eigenvalue weighted by atomic mass is 10.2. The lowest BCUT2D eigenvalue weighted by Crippen LogP contribution is -2.24. The van der Waals surface area contributed by atoms with E-state index in [0.717, 1.165) is 0 Å². The average Bonchev–Trinajstić information content (AvgIpc) is 2.25.